The zero-order valence-corrected chi connectivity index (χ0v) is 11.4. The molecule has 6 nitrogen and oxygen atoms in total. The minimum atomic E-state index is -0.986. The Labute approximate surface area is 117 Å². The first-order valence-electron chi connectivity index (χ1n) is 7.04. The summed E-state index contributed by atoms with van der Waals surface area (Å²) in [6.45, 7) is 0.950. The minimum Gasteiger partial charge on any atom is -0.478 e. The quantitative estimate of drug-likeness (QED) is 0.793. The van der Waals surface area contributed by atoms with Gasteiger partial charge in [0.05, 0.1) is 0 Å². The van der Waals surface area contributed by atoms with Gasteiger partial charge in [0.15, 0.2) is 0 Å². The summed E-state index contributed by atoms with van der Waals surface area (Å²) in [5.74, 6) is -1.65. The van der Waals surface area contributed by atoms with Crippen LogP contribution in [0.1, 0.15) is 38.5 Å². The summed E-state index contributed by atoms with van der Waals surface area (Å²) in [5, 5.41) is 9.18. The van der Waals surface area contributed by atoms with Gasteiger partial charge in [-0.3, -0.25) is 9.59 Å². The second kappa shape index (κ2) is 6.07. The number of carboxylic acids is 1. The van der Waals surface area contributed by atoms with Crippen LogP contribution in [0.2, 0.25) is 0 Å². The molecule has 0 aromatic rings. The van der Waals surface area contributed by atoms with E-state index >= 15 is 0 Å². The summed E-state index contributed by atoms with van der Waals surface area (Å²) < 4.78 is 0. The maximum atomic E-state index is 12.4. The normalized spacial score (nSPS) is 20.9. The van der Waals surface area contributed by atoms with Gasteiger partial charge in [-0.15, -0.1) is 0 Å². The van der Waals surface area contributed by atoms with Crippen molar-refractivity contribution in [2.45, 2.75) is 38.5 Å². The largest absolute Gasteiger partial charge is 0.478 e. The van der Waals surface area contributed by atoms with E-state index in [0.717, 1.165) is 12.8 Å². The molecule has 110 valence electrons. The lowest BCUT2D eigenvalue weighted by atomic mass is 9.89. The molecule has 2 amide bonds. The van der Waals surface area contributed by atoms with Crippen LogP contribution in [0.25, 0.3) is 0 Å². The molecular formula is C14H20N2O4. The topological polar surface area (TPSA) is 101 Å². The molecule has 1 aliphatic carbocycles. The van der Waals surface area contributed by atoms with Gasteiger partial charge in [0.1, 0.15) is 0 Å². The lowest BCUT2D eigenvalue weighted by Crippen LogP contribution is -2.42. The smallest absolute Gasteiger partial charge is 0.332 e. The van der Waals surface area contributed by atoms with Crippen LogP contribution in [-0.4, -0.2) is 40.9 Å². The van der Waals surface area contributed by atoms with E-state index < -0.39 is 5.97 Å². The van der Waals surface area contributed by atoms with E-state index in [2.05, 4.69) is 0 Å². The fraction of sp³-hybridized carbons (Fsp3) is 0.643. The standard InChI is InChI=1S/C14H20N2O4/c15-12(17)9-5-7-16(8-6-9)13(18)10-3-1-2-4-11(10)14(19)20/h9H,1-8H2,(H2,15,17)(H,19,20). The van der Waals surface area contributed by atoms with Gasteiger partial charge in [0.25, 0.3) is 0 Å². The summed E-state index contributed by atoms with van der Waals surface area (Å²) in [7, 11) is 0. The lowest BCUT2D eigenvalue weighted by Gasteiger charge is -2.32. The van der Waals surface area contributed by atoms with Crippen molar-refractivity contribution in [1.82, 2.24) is 4.90 Å². The first-order chi connectivity index (χ1) is 9.50. The van der Waals surface area contributed by atoms with E-state index in [9.17, 15) is 19.5 Å². The first-order valence-corrected chi connectivity index (χ1v) is 7.04. The van der Waals surface area contributed by atoms with E-state index in [-0.39, 0.29) is 23.3 Å². The number of piperidine rings is 1. The molecule has 2 rings (SSSR count). The van der Waals surface area contributed by atoms with Gasteiger partial charge in [-0.25, -0.2) is 4.79 Å². The van der Waals surface area contributed by atoms with Gasteiger partial charge in [-0.1, -0.05) is 0 Å². The Hall–Kier alpha value is -1.85. The Bertz CT molecular complexity index is 462. The molecule has 1 aliphatic heterocycles. The van der Waals surface area contributed by atoms with Gasteiger partial charge in [-0.2, -0.15) is 0 Å². The number of hydrogen-bond donors (Lipinski definition) is 2. The summed E-state index contributed by atoms with van der Waals surface area (Å²) in [6, 6.07) is 0. The Balaban J connectivity index is 2.08. The van der Waals surface area contributed by atoms with E-state index in [4.69, 9.17) is 5.73 Å². The summed E-state index contributed by atoms with van der Waals surface area (Å²) in [5.41, 5.74) is 5.97. The highest BCUT2D eigenvalue weighted by atomic mass is 16.4. The Morgan fingerprint density at radius 1 is 1.05 bits per heavy atom. The van der Waals surface area contributed by atoms with Crippen LogP contribution in [0.5, 0.6) is 0 Å². The van der Waals surface area contributed by atoms with Crippen LogP contribution >= 0.6 is 0 Å². The average Bonchev–Trinajstić information content (AvgIpc) is 2.46. The fourth-order valence-corrected chi connectivity index (χ4v) is 2.94. The molecule has 20 heavy (non-hydrogen) atoms. The highest BCUT2D eigenvalue weighted by Crippen LogP contribution is 2.28. The number of hydrogen-bond acceptors (Lipinski definition) is 3. The third kappa shape index (κ3) is 3.00. The molecular weight excluding hydrogens is 260 g/mol. The predicted octanol–water partition coefficient (Wildman–Crippen LogP) is 0.665. The summed E-state index contributed by atoms with van der Waals surface area (Å²) >= 11 is 0. The molecule has 0 radical (unpaired) electrons. The monoisotopic (exact) mass is 280 g/mol. The Morgan fingerprint density at radius 3 is 2.10 bits per heavy atom. The average molecular weight is 280 g/mol. The molecule has 0 unspecified atom stereocenters. The Kier molecular flexibility index (Phi) is 4.42. The molecule has 1 fully saturated rings. The second-order valence-corrected chi connectivity index (χ2v) is 5.44. The first kappa shape index (κ1) is 14.6. The van der Waals surface area contributed by atoms with Crippen LogP contribution in [-0.2, 0) is 14.4 Å². The molecule has 1 heterocycles. The van der Waals surface area contributed by atoms with E-state index in [1.54, 1.807) is 4.90 Å². The Morgan fingerprint density at radius 2 is 1.60 bits per heavy atom. The van der Waals surface area contributed by atoms with E-state index in [1.165, 1.54) is 0 Å². The zero-order chi connectivity index (χ0) is 14.7. The maximum absolute atomic E-state index is 12.4. The number of nitrogens with two attached hydrogens (primary N) is 1. The maximum Gasteiger partial charge on any atom is 0.332 e. The van der Waals surface area contributed by atoms with Crippen molar-refractivity contribution < 1.29 is 19.5 Å². The number of carbonyl (C=O) groups is 3. The van der Waals surface area contributed by atoms with Crippen LogP contribution in [0.4, 0.5) is 0 Å². The van der Waals surface area contributed by atoms with E-state index in [1.807, 2.05) is 0 Å². The molecule has 0 aromatic heterocycles. The number of primary amides is 1. The minimum absolute atomic E-state index is 0.168. The van der Waals surface area contributed by atoms with Gasteiger partial charge >= 0.3 is 5.97 Å². The number of carboxylic acid groups (broad SMARTS) is 1. The SMILES string of the molecule is NC(=O)C1CCN(C(=O)C2=C(C(=O)O)CCCC2)CC1. The number of rotatable bonds is 3. The van der Waals surface area contributed by atoms with Crippen molar-refractivity contribution in [2.24, 2.45) is 11.7 Å². The molecule has 0 saturated carbocycles. The van der Waals surface area contributed by atoms with Crippen molar-refractivity contribution >= 4 is 17.8 Å². The summed E-state index contributed by atoms with van der Waals surface area (Å²) in [4.78, 5) is 36.4. The van der Waals surface area contributed by atoms with Crippen LogP contribution in [0.3, 0.4) is 0 Å². The van der Waals surface area contributed by atoms with Gasteiger partial charge in [0, 0.05) is 30.2 Å². The molecule has 6 heteroatoms. The molecule has 0 spiro atoms. The zero-order valence-electron chi connectivity index (χ0n) is 11.4. The van der Waals surface area contributed by atoms with Crippen molar-refractivity contribution in [3.05, 3.63) is 11.1 Å². The third-order valence-corrected chi connectivity index (χ3v) is 4.17. The number of amides is 2. The van der Waals surface area contributed by atoms with E-state index in [0.29, 0.717) is 44.3 Å². The van der Waals surface area contributed by atoms with Crippen molar-refractivity contribution in [3.8, 4) is 0 Å². The molecule has 2 aliphatic rings. The number of carbonyl (C=O) groups excluding carboxylic acids is 2. The number of likely N-dealkylation sites (tertiary alicyclic amines) is 1. The number of aliphatic carboxylic acids is 1. The van der Waals surface area contributed by atoms with Crippen LogP contribution in [0, 0.1) is 5.92 Å². The molecule has 3 N–H and O–H groups in total. The van der Waals surface area contributed by atoms with Gasteiger partial charge < -0.3 is 15.7 Å². The highest BCUT2D eigenvalue weighted by molar-refractivity contribution is 6.02. The lowest BCUT2D eigenvalue weighted by molar-refractivity contribution is -0.135. The van der Waals surface area contributed by atoms with Gasteiger partial charge in [0.2, 0.25) is 11.8 Å². The van der Waals surface area contributed by atoms with Crippen molar-refractivity contribution in [1.29, 1.82) is 0 Å². The molecule has 0 bridgehead atoms. The fourth-order valence-electron chi connectivity index (χ4n) is 2.94. The van der Waals surface area contributed by atoms with Crippen LogP contribution in [0.15, 0.2) is 11.1 Å². The molecule has 0 aromatic carbocycles. The molecule has 1 saturated heterocycles. The van der Waals surface area contributed by atoms with Gasteiger partial charge in [-0.05, 0) is 38.5 Å². The molecule has 0 atom stereocenters. The van der Waals surface area contributed by atoms with Crippen molar-refractivity contribution in [2.75, 3.05) is 13.1 Å². The predicted molar refractivity (Wildman–Crippen MR) is 71.6 cm³/mol. The van der Waals surface area contributed by atoms with Crippen LogP contribution < -0.4 is 5.73 Å². The second-order valence-electron chi connectivity index (χ2n) is 5.44. The highest BCUT2D eigenvalue weighted by Gasteiger charge is 2.30. The van der Waals surface area contributed by atoms with Crippen molar-refractivity contribution in [3.63, 3.8) is 0 Å². The summed E-state index contributed by atoms with van der Waals surface area (Å²) in [6.07, 6.45) is 3.82. The third-order valence-electron chi connectivity index (χ3n) is 4.17. The number of nitrogens with zero attached hydrogens (tertiary/aromatic N) is 1.